The molecule has 7 nitrogen and oxygen atoms in total. The number of rotatable bonds is 6. The van der Waals surface area contributed by atoms with E-state index in [0.717, 1.165) is 29.9 Å². The van der Waals surface area contributed by atoms with Gasteiger partial charge >= 0.3 is 0 Å². The molecule has 0 aliphatic carbocycles. The molecule has 0 bridgehead atoms. The van der Waals surface area contributed by atoms with Gasteiger partial charge in [-0.2, -0.15) is 0 Å². The smallest absolute Gasteiger partial charge is 0.255 e. The normalized spacial score (nSPS) is 18.2. The van der Waals surface area contributed by atoms with Gasteiger partial charge in [0.2, 0.25) is 0 Å². The highest BCUT2D eigenvalue weighted by Crippen LogP contribution is 2.40. The Hall–Kier alpha value is -3.39. The van der Waals surface area contributed by atoms with Crippen LogP contribution in [-0.2, 0) is 6.42 Å². The van der Waals surface area contributed by atoms with Crippen LogP contribution in [0, 0.1) is 12.7 Å². The van der Waals surface area contributed by atoms with Crippen LogP contribution in [0.4, 0.5) is 15.8 Å². The van der Waals surface area contributed by atoms with E-state index >= 15 is 0 Å². The number of benzene rings is 1. The van der Waals surface area contributed by atoms with Crippen molar-refractivity contribution in [2.45, 2.75) is 32.2 Å². The number of amides is 1. The first kappa shape index (κ1) is 21.5. The number of halogens is 1. The van der Waals surface area contributed by atoms with Gasteiger partial charge < -0.3 is 25.3 Å². The molecule has 1 amide bonds. The van der Waals surface area contributed by atoms with Gasteiger partial charge in [-0.05, 0) is 51.6 Å². The molecule has 8 heteroatoms. The number of H-pyrrole nitrogens is 1. The maximum Gasteiger partial charge on any atom is 0.255 e. The third kappa shape index (κ3) is 4.06. The molecule has 5 rings (SSSR count). The highest BCUT2D eigenvalue weighted by Gasteiger charge is 2.29. The first-order valence-electron chi connectivity index (χ1n) is 11.4. The number of aromatic nitrogens is 2. The Labute approximate surface area is 192 Å². The van der Waals surface area contributed by atoms with E-state index in [1.165, 1.54) is 12.5 Å². The number of anilines is 2. The number of nitrogens with zero attached hydrogens (tertiary/aromatic N) is 2. The van der Waals surface area contributed by atoms with Crippen molar-refractivity contribution in [3.05, 3.63) is 59.3 Å². The minimum Gasteiger partial charge on any atom is -0.490 e. The monoisotopic (exact) mass is 449 g/mol. The quantitative estimate of drug-likeness (QED) is 0.529. The zero-order valence-corrected chi connectivity index (χ0v) is 18.9. The maximum absolute atomic E-state index is 14.2. The molecule has 1 aromatic carbocycles. The van der Waals surface area contributed by atoms with Crippen LogP contribution >= 0.6 is 0 Å². The molecule has 3 aromatic rings. The summed E-state index contributed by atoms with van der Waals surface area (Å²) in [5.74, 6) is 0.194. The third-order valence-corrected chi connectivity index (χ3v) is 6.65. The molecule has 1 fully saturated rings. The van der Waals surface area contributed by atoms with Crippen molar-refractivity contribution >= 4 is 17.3 Å². The molecule has 0 radical (unpaired) electrons. The van der Waals surface area contributed by atoms with E-state index in [4.69, 9.17) is 4.74 Å². The van der Waals surface area contributed by atoms with Crippen molar-refractivity contribution < 1.29 is 13.9 Å². The van der Waals surface area contributed by atoms with Crippen molar-refractivity contribution in [2.24, 2.45) is 0 Å². The maximum atomic E-state index is 14.2. The summed E-state index contributed by atoms with van der Waals surface area (Å²) in [6.07, 6.45) is 6.38. The first-order valence-corrected chi connectivity index (χ1v) is 11.4. The fraction of sp³-hybridized carbons (Fsp3) is 0.360. The van der Waals surface area contributed by atoms with E-state index < -0.39 is 0 Å². The summed E-state index contributed by atoms with van der Waals surface area (Å²) >= 11 is 0. The summed E-state index contributed by atoms with van der Waals surface area (Å²) in [5, 5.41) is 6.25. The molecule has 4 heterocycles. The highest BCUT2D eigenvalue weighted by atomic mass is 19.1. The molecule has 1 saturated heterocycles. The van der Waals surface area contributed by atoms with Gasteiger partial charge in [-0.1, -0.05) is 6.07 Å². The Morgan fingerprint density at radius 2 is 2.21 bits per heavy atom. The van der Waals surface area contributed by atoms with Crippen LogP contribution in [0.2, 0.25) is 0 Å². The average molecular weight is 450 g/mol. The Kier molecular flexibility index (Phi) is 5.76. The number of likely N-dealkylation sites (N-methyl/N-ethyl adjacent to an activating group) is 1. The van der Waals surface area contributed by atoms with Gasteiger partial charge in [-0.25, -0.2) is 4.39 Å². The Balaban J connectivity index is 1.56. The van der Waals surface area contributed by atoms with Crippen LogP contribution < -0.4 is 15.4 Å². The molecular weight excluding hydrogens is 421 g/mol. The number of hydrogen-bond donors (Lipinski definition) is 3. The van der Waals surface area contributed by atoms with Crippen molar-refractivity contribution in [2.75, 3.05) is 32.1 Å². The van der Waals surface area contributed by atoms with E-state index in [-0.39, 0.29) is 11.7 Å². The van der Waals surface area contributed by atoms with Crippen LogP contribution in [-0.4, -0.2) is 53.6 Å². The number of ether oxygens (including phenoxy) is 1. The minimum absolute atomic E-state index is 0.153. The molecule has 0 unspecified atom stereocenters. The van der Waals surface area contributed by atoms with Gasteiger partial charge in [0.25, 0.3) is 5.91 Å². The molecule has 2 aliphatic rings. The number of nitrogens with one attached hydrogen (secondary N) is 3. The van der Waals surface area contributed by atoms with Gasteiger partial charge in [0, 0.05) is 47.7 Å². The van der Waals surface area contributed by atoms with E-state index in [1.807, 2.05) is 12.1 Å². The average Bonchev–Trinajstić information content (AvgIpc) is 3.39. The zero-order valence-electron chi connectivity index (χ0n) is 18.9. The predicted octanol–water partition coefficient (Wildman–Crippen LogP) is 4.03. The summed E-state index contributed by atoms with van der Waals surface area (Å²) in [6.45, 7) is 3.93. The SMILES string of the molecule is Cc1c(F)cccc1Nc1c(-c2ccncc2OC[C@@H]2CCCN2C)[nH]c2c1C(=O)NCC2. The van der Waals surface area contributed by atoms with E-state index in [2.05, 4.69) is 32.5 Å². The number of hydrogen-bond acceptors (Lipinski definition) is 5. The number of likely N-dealkylation sites (tertiary alicyclic amines) is 1. The first-order chi connectivity index (χ1) is 16.0. The number of pyridine rings is 1. The van der Waals surface area contributed by atoms with Crippen LogP contribution in [0.15, 0.2) is 36.7 Å². The summed E-state index contributed by atoms with van der Waals surface area (Å²) < 4.78 is 20.5. The molecule has 3 N–H and O–H groups in total. The fourth-order valence-electron chi connectivity index (χ4n) is 4.66. The lowest BCUT2D eigenvalue weighted by Crippen LogP contribution is -2.31. The second-order valence-electron chi connectivity index (χ2n) is 8.73. The number of fused-ring (bicyclic) bond motifs is 1. The van der Waals surface area contributed by atoms with Crippen LogP contribution in [0.25, 0.3) is 11.3 Å². The second kappa shape index (κ2) is 8.86. The Bertz CT molecular complexity index is 1190. The predicted molar refractivity (Wildman–Crippen MR) is 126 cm³/mol. The summed E-state index contributed by atoms with van der Waals surface area (Å²) in [7, 11) is 2.12. The Morgan fingerprint density at radius 3 is 3.03 bits per heavy atom. The third-order valence-electron chi connectivity index (χ3n) is 6.65. The van der Waals surface area contributed by atoms with Gasteiger partial charge in [-0.3, -0.25) is 9.78 Å². The molecule has 1 atom stereocenters. The molecule has 2 aromatic heterocycles. The minimum atomic E-state index is -0.302. The number of carbonyl (C=O) groups excluding carboxylic acids is 1. The molecule has 172 valence electrons. The second-order valence-corrected chi connectivity index (χ2v) is 8.73. The molecule has 0 spiro atoms. The lowest BCUT2D eigenvalue weighted by Gasteiger charge is -2.21. The standard InChI is InChI=1S/C25H28FN5O2/c1-15-18(26)6-3-7-19(15)29-24-22-20(9-11-28-25(22)32)30-23(24)17-8-10-27-13-21(17)33-14-16-5-4-12-31(16)2/h3,6-8,10,13,16,29-30H,4-5,9,11-12,14H2,1-2H3,(H,28,32)/t16-/m0/s1. The van der Waals surface area contributed by atoms with Crippen LogP contribution in [0.3, 0.4) is 0 Å². The van der Waals surface area contributed by atoms with Crippen LogP contribution in [0.1, 0.15) is 34.5 Å². The number of aromatic amines is 1. The van der Waals surface area contributed by atoms with Gasteiger partial charge in [-0.15, -0.1) is 0 Å². The molecule has 2 aliphatic heterocycles. The fourth-order valence-corrected chi connectivity index (χ4v) is 4.66. The zero-order chi connectivity index (χ0) is 22.9. The lowest BCUT2D eigenvalue weighted by molar-refractivity contribution is 0.0947. The summed E-state index contributed by atoms with van der Waals surface area (Å²) in [6, 6.07) is 7.14. The summed E-state index contributed by atoms with van der Waals surface area (Å²) in [5.41, 5.74) is 4.67. The molecule has 33 heavy (non-hydrogen) atoms. The molecular formula is C25H28FN5O2. The largest absolute Gasteiger partial charge is 0.490 e. The topological polar surface area (TPSA) is 82.3 Å². The van der Waals surface area contributed by atoms with Crippen molar-refractivity contribution in [3.63, 3.8) is 0 Å². The Morgan fingerprint density at radius 1 is 1.33 bits per heavy atom. The van der Waals surface area contributed by atoms with Gasteiger partial charge in [0.05, 0.1) is 23.1 Å². The van der Waals surface area contributed by atoms with Crippen molar-refractivity contribution in [1.29, 1.82) is 0 Å². The van der Waals surface area contributed by atoms with Crippen LogP contribution in [0.5, 0.6) is 5.75 Å². The van der Waals surface area contributed by atoms with Crippen molar-refractivity contribution in [3.8, 4) is 17.0 Å². The van der Waals surface area contributed by atoms with E-state index in [1.54, 1.807) is 25.4 Å². The lowest BCUT2D eigenvalue weighted by atomic mass is 10.0. The summed E-state index contributed by atoms with van der Waals surface area (Å²) in [4.78, 5) is 22.8. The molecule has 0 saturated carbocycles. The van der Waals surface area contributed by atoms with Gasteiger partial charge in [0.15, 0.2) is 0 Å². The van der Waals surface area contributed by atoms with Crippen molar-refractivity contribution in [1.82, 2.24) is 20.2 Å². The van der Waals surface area contributed by atoms with E-state index in [0.29, 0.717) is 53.9 Å². The van der Waals surface area contributed by atoms with E-state index in [9.17, 15) is 9.18 Å². The number of carbonyl (C=O) groups is 1. The highest BCUT2D eigenvalue weighted by molar-refractivity contribution is 6.06. The van der Waals surface area contributed by atoms with Gasteiger partial charge in [0.1, 0.15) is 18.2 Å².